The molecule has 4 heteroatoms. The van der Waals surface area contributed by atoms with Crippen LogP contribution >= 0.6 is 11.8 Å². The Morgan fingerprint density at radius 3 is 2.71 bits per heavy atom. The van der Waals surface area contributed by atoms with Gasteiger partial charge in [-0.1, -0.05) is 30.0 Å². The molecule has 2 rings (SSSR count). The van der Waals surface area contributed by atoms with Gasteiger partial charge in [0.2, 0.25) is 0 Å². The first-order chi connectivity index (χ1) is 8.08. The van der Waals surface area contributed by atoms with E-state index in [1.54, 1.807) is 6.92 Å². The van der Waals surface area contributed by atoms with Crippen LogP contribution in [0.15, 0.2) is 29.3 Å². The van der Waals surface area contributed by atoms with E-state index in [1.807, 2.05) is 38.1 Å². The van der Waals surface area contributed by atoms with E-state index in [9.17, 15) is 4.79 Å². The maximum Gasteiger partial charge on any atom is 0.142 e. The Labute approximate surface area is 105 Å². The number of thioether (sulfide) groups is 1. The van der Waals surface area contributed by atoms with Crippen LogP contribution in [0, 0.1) is 6.92 Å². The molecule has 17 heavy (non-hydrogen) atoms. The van der Waals surface area contributed by atoms with Gasteiger partial charge >= 0.3 is 0 Å². The van der Waals surface area contributed by atoms with E-state index in [1.165, 1.54) is 11.8 Å². The average Bonchev–Trinajstić information content (AvgIpc) is 2.28. The lowest BCUT2D eigenvalue weighted by Crippen LogP contribution is -2.08. The molecule has 0 radical (unpaired) electrons. The molecule has 0 aliphatic rings. The highest BCUT2D eigenvalue weighted by molar-refractivity contribution is 8.00. The summed E-state index contributed by atoms with van der Waals surface area (Å²) in [6.45, 7) is 5.38. The highest BCUT2D eigenvalue weighted by Gasteiger charge is 2.13. The summed E-state index contributed by atoms with van der Waals surface area (Å²) in [7, 11) is 0. The van der Waals surface area contributed by atoms with Gasteiger partial charge in [0.1, 0.15) is 16.6 Å². The van der Waals surface area contributed by atoms with Gasteiger partial charge in [0.25, 0.3) is 0 Å². The molecule has 1 aromatic carbocycles. The number of hydrogen-bond donors (Lipinski definition) is 0. The molecule has 1 atom stereocenters. The minimum Gasteiger partial charge on any atom is -0.299 e. The van der Waals surface area contributed by atoms with Gasteiger partial charge in [0, 0.05) is 5.39 Å². The molecular weight excluding hydrogens is 232 g/mol. The lowest BCUT2D eigenvalue weighted by molar-refractivity contribution is -0.116. The van der Waals surface area contributed by atoms with Crippen molar-refractivity contribution in [2.75, 3.05) is 0 Å². The van der Waals surface area contributed by atoms with E-state index in [0.29, 0.717) is 0 Å². The van der Waals surface area contributed by atoms with Gasteiger partial charge in [-0.15, -0.1) is 0 Å². The fraction of sp³-hybridized carbons (Fsp3) is 0.308. The van der Waals surface area contributed by atoms with Crippen molar-refractivity contribution < 1.29 is 4.79 Å². The van der Waals surface area contributed by atoms with Crippen LogP contribution in [0.1, 0.15) is 19.7 Å². The Bertz CT molecular complexity index is 568. The predicted octanol–water partition coefficient (Wildman–Crippen LogP) is 3.01. The van der Waals surface area contributed by atoms with Crippen molar-refractivity contribution in [3.8, 4) is 0 Å². The van der Waals surface area contributed by atoms with Crippen molar-refractivity contribution in [3.05, 3.63) is 30.1 Å². The van der Waals surface area contributed by atoms with Gasteiger partial charge in [-0.3, -0.25) is 4.79 Å². The summed E-state index contributed by atoms with van der Waals surface area (Å²) in [4.78, 5) is 20.1. The molecule has 0 spiro atoms. The smallest absolute Gasteiger partial charge is 0.142 e. The molecule has 2 aromatic rings. The van der Waals surface area contributed by atoms with Crippen LogP contribution in [0.25, 0.3) is 10.9 Å². The summed E-state index contributed by atoms with van der Waals surface area (Å²) in [5.41, 5.74) is 0.929. The van der Waals surface area contributed by atoms with E-state index < -0.39 is 0 Å². The van der Waals surface area contributed by atoms with Crippen LogP contribution in [0.4, 0.5) is 0 Å². The molecular formula is C13H14N2OS. The van der Waals surface area contributed by atoms with E-state index in [2.05, 4.69) is 9.97 Å². The van der Waals surface area contributed by atoms with Crippen LogP contribution in [-0.2, 0) is 4.79 Å². The molecule has 0 aliphatic heterocycles. The molecule has 1 aromatic heterocycles. The number of rotatable bonds is 3. The molecule has 0 saturated carbocycles. The Kier molecular flexibility index (Phi) is 3.43. The van der Waals surface area contributed by atoms with Gasteiger partial charge in [-0.25, -0.2) is 9.97 Å². The van der Waals surface area contributed by atoms with Crippen molar-refractivity contribution in [2.24, 2.45) is 0 Å². The predicted molar refractivity (Wildman–Crippen MR) is 70.3 cm³/mol. The molecule has 1 heterocycles. The van der Waals surface area contributed by atoms with Crippen molar-refractivity contribution in [2.45, 2.75) is 31.0 Å². The molecule has 1 unspecified atom stereocenters. The van der Waals surface area contributed by atoms with Gasteiger partial charge in [-0.2, -0.15) is 0 Å². The number of Topliss-reactive ketones (excluding diaryl/α,β-unsaturated/α-hetero) is 1. The SMILES string of the molecule is CC(=O)C(C)Sc1nc(C)nc2ccccc12. The number of aryl methyl sites for hydroxylation is 1. The Morgan fingerprint density at radius 1 is 1.29 bits per heavy atom. The van der Waals surface area contributed by atoms with Crippen LogP contribution in [0.5, 0.6) is 0 Å². The average molecular weight is 246 g/mol. The third-order valence-corrected chi connectivity index (χ3v) is 3.76. The first kappa shape index (κ1) is 12.0. The lowest BCUT2D eigenvalue weighted by Gasteiger charge is -2.09. The number of fused-ring (bicyclic) bond motifs is 1. The maximum absolute atomic E-state index is 11.3. The summed E-state index contributed by atoms with van der Waals surface area (Å²) in [6.07, 6.45) is 0. The summed E-state index contributed by atoms with van der Waals surface area (Å²) < 4.78 is 0. The highest BCUT2D eigenvalue weighted by atomic mass is 32.2. The standard InChI is InChI=1S/C13H14N2OS/c1-8(16)9(2)17-13-11-6-4-5-7-12(11)14-10(3)15-13/h4-7,9H,1-3H3. The van der Waals surface area contributed by atoms with Crippen molar-refractivity contribution >= 4 is 28.4 Å². The number of para-hydroxylation sites is 1. The van der Waals surface area contributed by atoms with Gasteiger partial charge in [0.05, 0.1) is 10.8 Å². The second-order valence-corrected chi connectivity index (χ2v) is 5.29. The zero-order chi connectivity index (χ0) is 12.4. The van der Waals surface area contributed by atoms with Gasteiger partial charge in [-0.05, 0) is 26.8 Å². The van der Waals surface area contributed by atoms with Gasteiger partial charge < -0.3 is 0 Å². The number of benzene rings is 1. The monoisotopic (exact) mass is 246 g/mol. The number of carbonyl (C=O) groups is 1. The van der Waals surface area contributed by atoms with Crippen LogP contribution in [0.2, 0.25) is 0 Å². The molecule has 0 bridgehead atoms. The molecule has 0 aliphatic carbocycles. The number of ketones is 1. The summed E-state index contributed by atoms with van der Waals surface area (Å²) in [5, 5.41) is 1.82. The molecule has 3 nitrogen and oxygen atoms in total. The quantitative estimate of drug-likeness (QED) is 0.616. The highest BCUT2D eigenvalue weighted by Crippen LogP contribution is 2.28. The molecule has 88 valence electrons. The van der Waals surface area contributed by atoms with E-state index >= 15 is 0 Å². The number of nitrogens with zero attached hydrogens (tertiary/aromatic N) is 2. The third-order valence-electron chi connectivity index (χ3n) is 2.54. The summed E-state index contributed by atoms with van der Waals surface area (Å²) in [5.74, 6) is 0.900. The molecule has 0 amide bonds. The zero-order valence-electron chi connectivity index (χ0n) is 10.1. The van der Waals surface area contributed by atoms with E-state index in [4.69, 9.17) is 0 Å². The summed E-state index contributed by atoms with van der Waals surface area (Å²) >= 11 is 1.49. The van der Waals surface area contributed by atoms with Gasteiger partial charge in [0.15, 0.2) is 0 Å². The molecule has 0 fully saturated rings. The largest absolute Gasteiger partial charge is 0.299 e. The van der Waals surface area contributed by atoms with Crippen LogP contribution in [-0.4, -0.2) is 21.0 Å². The van der Waals surface area contributed by atoms with E-state index in [-0.39, 0.29) is 11.0 Å². The van der Waals surface area contributed by atoms with Crippen LogP contribution < -0.4 is 0 Å². The van der Waals surface area contributed by atoms with Crippen molar-refractivity contribution in [3.63, 3.8) is 0 Å². The minimum atomic E-state index is -0.0762. The normalized spacial score (nSPS) is 12.6. The Balaban J connectivity index is 2.49. The minimum absolute atomic E-state index is 0.0762. The number of carbonyl (C=O) groups excluding carboxylic acids is 1. The van der Waals surface area contributed by atoms with Crippen LogP contribution in [0.3, 0.4) is 0 Å². The number of hydrogen-bond acceptors (Lipinski definition) is 4. The van der Waals surface area contributed by atoms with E-state index in [0.717, 1.165) is 21.8 Å². The lowest BCUT2D eigenvalue weighted by atomic mass is 10.2. The maximum atomic E-state index is 11.3. The molecule has 0 N–H and O–H groups in total. The third kappa shape index (κ3) is 2.64. The Hall–Kier alpha value is -1.42. The first-order valence-electron chi connectivity index (χ1n) is 5.48. The second kappa shape index (κ2) is 4.84. The fourth-order valence-corrected chi connectivity index (χ4v) is 2.48. The topological polar surface area (TPSA) is 42.9 Å². The van der Waals surface area contributed by atoms with Crippen molar-refractivity contribution in [1.29, 1.82) is 0 Å². The zero-order valence-corrected chi connectivity index (χ0v) is 10.9. The molecule has 0 saturated heterocycles. The Morgan fingerprint density at radius 2 is 2.00 bits per heavy atom. The first-order valence-corrected chi connectivity index (χ1v) is 6.36. The van der Waals surface area contributed by atoms with Crippen molar-refractivity contribution in [1.82, 2.24) is 9.97 Å². The second-order valence-electron chi connectivity index (χ2n) is 3.96. The number of aromatic nitrogens is 2. The summed E-state index contributed by atoms with van der Waals surface area (Å²) in [6, 6.07) is 7.87. The fourth-order valence-electron chi connectivity index (χ4n) is 1.50.